The van der Waals surface area contributed by atoms with Crippen molar-refractivity contribution in [1.29, 1.82) is 0 Å². The van der Waals surface area contributed by atoms with E-state index in [-0.39, 0.29) is 6.04 Å². The number of nitrogen functional groups attached to an aromatic ring is 1. The molecule has 2 N–H and O–H groups in total. The van der Waals surface area contributed by atoms with Crippen LogP contribution in [0, 0.1) is 5.92 Å². The van der Waals surface area contributed by atoms with Crippen molar-refractivity contribution in [2.24, 2.45) is 5.92 Å². The molecule has 14 heavy (non-hydrogen) atoms. The lowest BCUT2D eigenvalue weighted by molar-refractivity contribution is 0.128. The summed E-state index contributed by atoms with van der Waals surface area (Å²) in [5.74, 6) is 0.899. The smallest absolute Gasteiger partial charge is 0.141 e. The van der Waals surface area contributed by atoms with Crippen molar-refractivity contribution in [2.75, 3.05) is 19.5 Å². The van der Waals surface area contributed by atoms with E-state index in [2.05, 4.69) is 18.9 Å². The molecule has 0 spiro atoms. The standard InChI is InChI=1S/C9H16ClN3O/c1-6(2)8(5-14-3)13-9(11)7(10)4-12-13/h4,6,8H,5,11H2,1-3H3. The van der Waals surface area contributed by atoms with Crippen LogP contribution in [-0.2, 0) is 4.74 Å². The molecule has 1 aromatic rings. The topological polar surface area (TPSA) is 53.1 Å². The van der Waals surface area contributed by atoms with Gasteiger partial charge in [-0.3, -0.25) is 0 Å². The molecule has 0 aliphatic heterocycles. The largest absolute Gasteiger partial charge is 0.383 e. The fourth-order valence-corrected chi connectivity index (χ4v) is 1.46. The summed E-state index contributed by atoms with van der Waals surface area (Å²) in [6.45, 7) is 4.78. The van der Waals surface area contributed by atoms with Crippen LogP contribution in [0.2, 0.25) is 5.02 Å². The Hall–Kier alpha value is -0.740. The second kappa shape index (κ2) is 4.66. The van der Waals surface area contributed by atoms with Gasteiger partial charge in [-0.1, -0.05) is 25.4 Å². The quantitative estimate of drug-likeness (QED) is 0.839. The molecule has 80 valence electrons. The number of nitrogens with two attached hydrogens (primary N) is 1. The molecule has 1 rings (SSSR count). The highest BCUT2D eigenvalue weighted by atomic mass is 35.5. The molecule has 0 fully saturated rings. The van der Waals surface area contributed by atoms with Crippen LogP contribution in [0.4, 0.5) is 5.82 Å². The lowest BCUT2D eigenvalue weighted by Crippen LogP contribution is -2.22. The first-order valence-corrected chi connectivity index (χ1v) is 4.93. The van der Waals surface area contributed by atoms with Crippen LogP contribution in [0.5, 0.6) is 0 Å². The maximum absolute atomic E-state index is 5.83. The third-order valence-corrected chi connectivity index (χ3v) is 2.50. The van der Waals surface area contributed by atoms with E-state index >= 15 is 0 Å². The van der Waals surface area contributed by atoms with E-state index in [0.29, 0.717) is 23.4 Å². The van der Waals surface area contributed by atoms with Gasteiger partial charge in [0.2, 0.25) is 0 Å². The monoisotopic (exact) mass is 217 g/mol. The molecule has 1 atom stereocenters. The van der Waals surface area contributed by atoms with Crippen molar-refractivity contribution >= 4 is 17.4 Å². The van der Waals surface area contributed by atoms with E-state index in [4.69, 9.17) is 22.1 Å². The molecule has 0 radical (unpaired) electrons. The zero-order chi connectivity index (χ0) is 10.7. The highest BCUT2D eigenvalue weighted by Crippen LogP contribution is 2.25. The van der Waals surface area contributed by atoms with Gasteiger partial charge in [0.15, 0.2) is 0 Å². The number of halogens is 1. The van der Waals surface area contributed by atoms with Crippen molar-refractivity contribution in [2.45, 2.75) is 19.9 Å². The van der Waals surface area contributed by atoms with E-state index < -0.39 is 0 Å². The van der Waals surface area contributed by atoms with Gasteiger partial charge in [0, 0.05) is 7.11 Å². The van der Waals surface area contributed by atoms with E-state index in [1.54, 1.807) is 18.0 Å². The van der Waals surface area contributed by atoms with E-state index in [9.17, 15) is 0 Å². The minimum atomic E-state index is 0.132. The maximum atomic E-state index is 5.83. The van der Waals surface area contributed by atoms with Crippen molar-refractivity contribution in [1.82, 2.24) is 9.78 Å². The van der Waals surface area contributed by atoms with Crippen LogP contribution in [0.3, 0.4) is 0 Å². The molecular weight excluding hydrogens is 202 g/mol. The van der Waals surface area contributed by atoms with Gasteiger partial charge in [0.25, 0.3) is 0 Å². The predicted octanol–water partition coefficient (Wildman–Crippen LogP) is 1.96. The number of hydrogen-bond donors (Lipinski definition) is 1. The molecule has 0 aromatic carbocycles. The molecule has 0 aliphatic carbocycles. The van der Waals surface area contributed by atoms with Crippen molar-refractivity contribution < 1.29 is 4.74 Å². The van der Waals surface area contributed by atoms with E-state index in [1.807, 2.05) is 0 Å². The normalized spacial score (nSPS) is 13.5. The Morgan fingerprint density at radius 1 is 1.64 bits per heavy atom. The second-order valence-electron chi connectivity index (χ2n) is 3.59. The number of ether oxygens (including phenoxy) is 1. The molecule has 1 heterocycles. The van der Waals surface area contributed by atoms with Gasteiger partial charge < -0.3 is 10.5 Å². The Bertz CT molecular complexity index is 298. The molecule has 0 aliphatic rings. The summed E-state index contributed by atoms with van der Waals surface area (Å²) in [6, 6.07) is 0.132. The number of methoxy groups -OCH3 is 1. The summed E-state index contributed by atoms with van der Waals surface area (Å²) in [5.41, 5.74) is 5.78. The van der Waals surface area contributed by atoms with E-state index in [0.717, 1.165) is 0 Å². The first-order valence-electron chi connectivity index (χ1n) is 4.55. The number of anilines is 1. The minimum Gasteiger partial charge on any atom is -0.383 e. The summed E-state index contributed by atoms with van der Waals surface area (Å²) < 4.78 is 6.84. The molecule has 0 saturated carbocycles. The maximum Gasteiger partial charge on any atom is 0.141 e. The van der Waals surface area contributed by atoms with Gasteiger partial charge in [0.05, 0.1) is 18.8 Å². The van der Waals surface area contributed by atoms with Gasteiger partial charge in [-0.2, -0.15) is 5.10 Å². The first kappa shape index (κ1) is 11.3. The van der Waals surface area contributed by atoms with Gasteiger partial charge in [-0.25, -0.2) is 4.68 Å². The van der Waals surface area contributed by atoms with Crippen LogP contribution in [0.25, 0.3) is 0 Å². The Labute approximate surface area is 89.0 Å². The highest BCUT2D eigenvalue weighted by Gasteiger charge is 2.19. The Balaban J connectivity index is 2.93. The van der Waals surface area contributed by atoms with Gasteiger partial charge in [0.1, 0.15) is 10.8 Å². The number of nitrogens with zero attached hydrogens (tertiary/aromatic N) is 2. The number of aromatic nitrogens is 2. The summed E-state index contributed by atoms with van der Waals surface area (Å²) in [6.07, 6.45) is 1.56. The van der Waals surface area contributed by atoms with Crippen molar-refractivity contribution in [3.05, 3.63) is 11.2 Å². The minimum absolute atomic E-state index is 0.132. The lowest BCUT2D eigenvalue weighted by atomic mass is 10.1. The number of hydrogen-bond acceptors (Lipinski definition) is 3. The van der Waals surface area contributed by atoms with Crippen LogP contribution in [0.15, 0.2) is 6.20 Å². The molecule has 0 saturated heterocycles. The average molecular weight is 218 g/mol. The molecule has 0 amide bonds. The fraction of sp³-hybridized carbons (Fsp3) is 0.667. The Morgan fingerprint density at radius 3 is 2.64 bits per heavy atom. The van der Waals surface area contributed by atoms with Gasteiger partial charge in [-0.05, 0) is 5.92 Å². The summed E-state index contributed by atoms with van der Waals surface area (Å²) >= 11 is 5.83. The second-order valence-corrected chi connectivity index (χ2v) is 4.00. The van der Waals surface area contributed by atoms with Crippen molar-refractivity contribution in [3.8, 4) is 0 Å². The molecule has 1 aromatic heterocycles. The predicted molar refractivity (Wildman–Crippen MR) is 57.4 cm³/mol. The Morgan fingerprint density at radius 2 is 2.29 bits per heavy atom. The third-order valence-electron chi connectivity index (χ3n) is 2.21. The fourth-order valence-electron chi connectivity index (χ4n) is 1.33. The highest BCUT2D eigenvalue weighted by molar-refractivity contribution is 6.32. The van der Waals surface area contributed by atoms with Crippen LogP contribution in [-0.4, -0.2) is 23.5 Å². The Kier molecular flexibility index (Phi) is 3.77. The zero-order valence-electron chi connectivity index (χ0n) is 8.70. The third kappa shape index (κ3) is 2.19. The lowest BCUT2D eigenvalue weighted by Gasteiger charge is -2.21. The summed E-state index contributed by atoms with van der Waals surface area (Å²) in [4.78, 5) is 0. The molecule has 0 bridgehead atoms. The molecule has 5 heteroatoms. The van der Waals surface area contributed by atoms with E-state index in [1.165, 1.54) is 0 Å². The zero-order valence-corrected chi connectivity index (χ0v) is 9.45. The first-order chi connectivity index (χ1) is 6.57. The molecular formula is C9H16ClN3O. The molecule has 1 unspecified atom stereocenters. The van der Waals surface area contributed by atoms with Crippen LogP contribution >= 0.6 is 11.6 Å². The summed E-state index contributed by atoms with van der Waals surface area (Å²) in [7, 11) is 1.66. The average Bonchev–Trinajstić information content (AvgIpc) is 2.44. The SMILES string of the molecule is COCC(C(C)C)n1ncc(Cl)c1N. The van der Waals surface area contributed by atoms with Crippen molar-refractivity contribution in [3.63, 3.8) is 0 Å². The summed E-state index contributed by atoms with van der Waals surface area (Å²) in [5, 5.41) is 4.63. The van der Waals surface area contributed by atoms with Crippen LogP contribution in [0.1, 0.15) is 19.9 Å². The van der Waals surface area contributed by atoms with Gasteiger partial charge >= 0.3 is 0 Å². The number of rotatable bonds is 4. The molecule has 4 nitrogen and oxygen atoms in total. The van der Waals surface area contributed by atoms with Crippen LogP contribution < -0.4 is 5.73 Å². The van der Waals surface area contributed by atoms with Gasteiger partial charge in [-0.15, -0.1) is 0 Å².